The summed E-state index contributed by atoms with van der Waals surface area (Å²) >= 11 is 1.46. The van der Waals surface area contributed by atoms with Crippen molar-refractivity contribution in [3.05, 3.63) is 105 Å². The van der Waals surface area contributed by atoms with Crippen LogP contribution in [0.4, 0.5) is 15.8 Å². The van der Waals surface area contributed by atoms with Crippen LogP contribution in [0, 0.1) is 15.9 Å². The maximum atomic E-state index is 13.2. The molecule has 0 atom stereocenters. The van der Waals surface area contributed by atoms with Gasteiger partial charge >= 0.3 is 0 Å². The number of nitro groups is 1. The molecule has 2 aromatic carbocycles. The summed E-state index contributed by atoms with van der Waals surface area (Å²) in [5, 5.41) is 12.9. The Morgan fingerprint density at radius 2 is 1.83 bits per heavy atom. The summed E-state index contributed by atoms with van der Waals surface area (Å²) in [4.78, 5) is 20.4. The number of hydrogen-bond acceptors (Lipinski definition) is 5. The zero-order chi connectivity index (χ0) is 20.9. The molecule has 0 saturated heterocycles. The number of non-ortho nitro benzene ring substituents is 1. The van der Waals surface area contributed by atoms with Gasteiger partial charge in [0.2, 0.25) is 0 Å². The first-order valence-corrected chi connectivity index (χ1v) is 10.1. The fourth-order valence-corrected chi connectivity index (χ4v) is 3.97. The van der Waals surface area contributed by atoms with Gasteiger partial charge in [0.15, 0.2) is 4.80 Å². The van der Waals surface area contributed by atoms with Crippen LogP contribution in [0.5, 0.6) is 0 Å². The van der Waals surface area contributed by atoms with E-state index in [1.807, 2.05) is 23.6 Å². The van der Waals surface area contributed by atoms with Crippen LogP contribution in [-0.4, -0.2) is 14.5 Å². The number of aromatic nitrogens is 2. The lowest BCUT2D eigenvalue weighted by Gasteiger charge is -2.09. The largest absolute Gasteiger partial charge is 0.316 e. The maximum Gasteiger partial charge on any atom is 0.269 e. The highest BCUT2D eigenvalue weighted by Gasteiger charge is 2.11. The van der Waals surface area contributed by atoms with Crippen LogP contribution in [-0.2, 0) is 13.0 Å². The first-order chi connectivity index (χ1) is 14.6. The van der Waals surface area contributed by atoms with Crippen LogP contribution in [0.15, 0.2) is 83.3 Å². The Bertz CT molecular complexity index is 1220. The van der Waals surface area contributed by atoms with E-state index < -0.39 is 4.92 Å². The summed E-state index contributed by atoms with van der Waals surface area (Å²) in [6.07, 6.45) is 2.46. The zero-order valence-corrected chi connectivity index (χ0v) is 16.6. The number of halogens is 1. The van der Waals surface area contributed by atoms with Gasteiger partial charge in [0, 0.05) is 42.4 Å². The Kier molecular flexibility index (Phi) is 5.76. The number of pyridine rings is 1. The maximum absolute atomic E-state index is 13.2. The molecule has 4 rings (SSSR count). The van der Waals surface area contributed by atoms with Crippen LogP contribution in [0.3, 0.4) is 0 Å². The van der Waals surface area contributed by atoms with Gasteiger partial charge in [-0.15, -0.1) is 11.3 Å². The summed E-state index contributed by atoms with van der Waals surface area (Å²) in [6, 6.07) is 18.3. The lowest BCUT2D eigenvalue weighted by atomic mass is 10.1. The molecule has 6 nitrogen and oxygen atoms in total. The van der Waals surface area contributed by atoms with Crippen molar-refractivity contribution in [1.82, 2.24) is 9.55 Å². The predicted octanol–water partition coefficient (Wildman–Crippen LogP) is 5.13. The monoisotopic (exact) mass is 420 g/mol. The Balaban J connectivity index is 1.74. The molecule has 2 aromatic heterocycles. The second-order valence-corrected chi connectivity index (χ2v) is 7.35. The summed E-state index contributed by atoms with van der Waals surface area (Å²) < 4.78 is 15.3. The number of rotatable bonds is 6. The highest BCUT2D eigenvalue weighted by Crippen LogP contribution is 2.24. The minimum absolute atomic E-state index is 0.0465. The molecule has 30 heavy (non-hydrogen) atoms. The summed E-state index contributed by atoms with van der Waals surface area (Å²) in [7, 11) is 0. The van der Waals surface area contributed by atoms with Gasteiger partial charge in [-0.2, -0.15) is 0 Å². The van der Waals surface area contributed by atoms with Gasteiger partial charge in [0.25, 0.3) is 5.69 Å². The molecule has 0 unspecified atom stereocenters. The molecule has 0 aliphatic heterocycles. The average Bonchev–Trinajstić information content (AvgIpc) is 3.17. The molecule has 0 aliphatic rings. The standard InChI is InChI=1S/C22H17FN4O2S/c23-17-6-8-19(9-7-17)25-22-26(14-12-18-3-1-2-13-24-18)21(15-30-22)16-4-10-20(11-5-16)27(28)29/h1-11,13,15H,12,14H2. The lowest BCUT2D eigenvalue weighted by Crippen LogP contribution is -2.17. The Morgan fingerprint density at radius 1 is 1.07 bits per heavy atom. The molecule has 150 valence electrons. The van der Waals surface area contributed by atoms with Crippen LogP contribution in [0.1, 0.15) is 5.69 Å². The van der Waals surface area contributed by atoms with E-state index in [0.29, 0.717) is 18.7 Å². The van der Waals surface area contributed by atoms with Gasteiger partial charge in [-0.1, -0.05) is 6.07 Å². The van der Waals surface area contributed by atoms with Gasteiger partial charge in [-0.05, 0) is 54.1 Å². The number of thiazole rings is 1. The molecule has 2 heterocycles. The topological polar surface area (TPSA) is 73.3 Å². The average molecular weight is 420 g/mol. The Hall–Kier alpha value is -3.65. The van der Waals surface area contributed by atoms with Crippen molar-refractivity contribution in [2.45, 2.75) is 13.0 Å². The van der Waals surface area contributed by atoms with E-state index in [-0.39, 0.29) is 11.5 Å². The normalized spacial score (nSPS) is 11.6. The minimum atomic E-state index is -0.415. The molecule has 8 heteroatoms. The van der Waals surface area contributed by atoms with Crippen molar-refractivity contribution in [3.8, 4) is 11.3 Å². The van der Waals surface area contributed by atoms with E-state index in [4.69, 9.17) is 0 Å². The molecule has 0 saturated carbocycles. The molecule has 0 fully saturated rings. The molecule has 0 spiro atoms. The van der Waals surface area contributed by atoms with E-state index in [2.05, 4.69) is 14.5 Å². The Labute approximate surface area is 175 Å². The highest BCUT2D eigenvalue weighted by atomic mass is 32.1. The molecular formula is C22H17FN4O2S. The predicted molar refractivity (Wildman–Crippen MR) is 114 cm³/mol. The molecule has 0 amide bonds. The smallest absolute Gasteiger partial charge is 0.269 e. The number of hydrogen-bond donors (Lipinski definition) is 0. The van der Waals surface area contributed by atoms with E-state index in [1.54, 1.807) is 30.5 Å². The molecule has 0 bridgehead atoms. The number of aryl methyl sites for hydroxylation is 1. The van der Waals surface area contributed by atoms with Gasteiger partial charge in [-0.3, -0.25) is 15.1 Å². The summed E-state index contributed by atoms with van der Waals surface area (Å²) in [6.45, 7) is 0.632. The van der Waals surface area contributed by atoms with Gasteiger partial charge in [0.1, 0.15) is 5.82 Å². The van der Waals surface area contributed by atoms with E-state index in [1.165, 1.54) is 35.6 Å². The summed E-state index contributed by atoms with van der Waals surface area (Å²) in [5.74, 6) is -0.310. The molecule has 0 radical (unpaired) electrons. The van der Waals surface area contributed by atoms with E-state index >= 15 is 0 Å². The third-order valence-electron chi connectivity index (χ3n) is 4.54. The van der Waals surface area contributed by atoms with E-state index in [0.717, 1.165) is 21.8 Å². The third-order valence-corrected chi connectivity index (χ3v) is 5.40. The van der Waals surface area contributed by atoms with Crippen LogP contribution in [0.2, 0.25) is 0 Å². The van der Waals surface area contributed by atoms with Crippen LogP contribution >= 0.6 is 11.3 Å². The second-order valence-electron chi connectivity index (χ2n) is 6.52. The first-order valence-electron chi connectivity index (χ1n) is 9.23. The van der Waals surface area contributed by atoms with Gasteiger partial charge in [-0.25, -0.2) is 9.38 Å². The first kappa shape index (κ1) is 19.7. The molecule has 0 N–H and O–H groups in total. The molecular weight excluding hydrogens is 403 g/mol. The number of nitrogens with zero attached hydrogens (tertiary/aromatic N) is 4. The van der Waals surface area contributed by atoms with Crippen molar-refractivity contribution in [2.75, 3.05) is 0 Å². The number of nitro benzene ring substituents is 1. The lowest BCUT2D eigenvalue weighted by molar-refractivity contribution is -0.384. The van der Waals surface area contributed by atoms with Gasteiger partial charge < -0.3 is 4.57 Å². The highest BCUT2D eigenvalue weighted by molar-refractivity contribution is 7.07. The quantitative estimate of drug-likeness (QED) is 0.320. The number of benzene rings is 2. The fourth-order valence-electron chi connectivity index (χ4n) is 3.02. The minimum Gasteiger partial charge on any atom is -0.316 e. The van der Waals surface area contributed by atoms with Crippen molar-refractivity contribution < 1.29 is 9.31 Å². The van der Waals surface area contributed by atoms with Crippen LogP contribution in [0.25, 0.3) is 11.3 Å². The van der Waals surface area contributed by atoms with Gasteiger partial charge in [0.05, 0.1) is 16.3 Å². The molecule has 0 aliphatic carbocycles. The zero-order valence-electron chi connectivity index (χ0n) is 15.8. The van der Waals surface area contributed by atoms with Crippen LogP contribution < -0.4 is 4.80 Å². The Morgan fingerprint density at radius 3 is 2.50 bits per heavy atom. The van der Waals surface area contributed by atoms with E-state index in [9.17, 15) is 14.5 Å². The fraction of sp³-hybridized carbons (Fsp3) is 0.0909. The third kappa shape index (κ3) is 4.49. The van der Waals surface area contributed by atoms with Crippen molar-refractivity contribution in [2.24, 2.45) is 4.99 Å². The second kappa shape index (κ2) is 8.79. The SMILES string of the molecule is O=[N+]([O-])c1ccc(-c2csc(=Nc3ccc(F)cc3)n2CCc2ccccn2)cc1. The summed E-state index contributed by atoms with van der Waals surface area (Å²) in [5.41, 5.74) is 3.43. The van der Waals surface area contributed by atoms with Crippen molar-refractivity contribution in [3.63, 3.8) is 0 Å². The van der Waals surface area contributed by atoms with Crippen molar-refractivity contribution >= 4 is 22.7 Å². The molecule has 4 aromatic rings. The van der Waals surface area contributed by atoms with Crippen molar-refractivity contribution in [1.29, 1.82) is 0 Å².